The molecule has 9 heteroatoms. The van der Waals surface area contributed by atoms with Crippen molar-refractivity contribution in [3.05, 3.63) is 60.2 Å². The van der Waals surface area contributed by atoms with Gasteiger partial charge in [-0.15, -0.1) is 0 Å². The lowest BCUT2D eigenvalue weighted by atomic mass is 9.97. The van der Waals surface area contributed by atoms with Gasteiger partial charge in [-0.1, -0.05) is 25.1 Å². The maximum absolute atomic E-state index is 12.8. The lowest BCUT2D eigenvalue weighted by Gasteiger charge is -2.47. The highest BCUT2D eigenvalue weighted by molar-refractivity contribution is 5.55. The number of alkyl halides is 3. The van der Waals surface area contributed by atoms with Gasteiger partial charge in [0.15, 0.2) is 0 Å². The average molecular weight is 424 g/mol. The molecule has 2 fully saturated rings. The fourth-order valence-corrected chi connectivity index (χ4v) is 4.38. The van der Waals surface area contributed by atoms with E-state index >= 15 is 0 Å². The second-order valence-corrected chi connectivity index (χ2v) is 8.43. The highest BCUT2D eigenvalue weighted by Crippen LogP contribution is 2.81. The van der Waals surface area contributed by atoms with E-state index in [1.54, 1.807) is 25.1 Å². The maximum Gasteiger partial charge on any atom is 0.416 e. The monoisotopic (exact) mass is 424 g/mol. The van der Waals surface area contributed by atoms with Gasteiger partial charge in [0.05, 0.1) is 5.56 Å². The van der Waals surface area contributed by atoms with Crippen LogP contribution in [0.25, 0.3) is 0 Å². The molecule has 2 aliphatic rings. The molecule has 2 saturated carbocycles. The first kappa shape index (κ1) is 20.9. The van der Waals surface area contributed by atoms with E-state index in [2.05, 4.69) is 5.32 Å². The molecule has 1 unspecified atom stereocenters. The van der Waals surface area contributed by atoms with E-state index in [0.717, 1.165) is 37.1 Å². The molecule has 6 nitrogen and oxygen atoms in total. The minimum absolute atomic E-state index is 0.0492. The number of rotatable bonds is 6. The van der Waals surface area contributed by atoms with Crippen molar-refractivity contribution in [1.29, 1.82) is 0 Å². The molecule has 4 rings (SSSR count). The van der Waals surface area contributed by atoms with Gasteiger partial charge in [-0.2, -0.15) is 13.2 Å². The molecular weight excluding hydrogens is 401 g/mol. The number of anilines is 2. The van der Waals surface area contributed by atoms with Crippen molar-refractivity contribution >= 4 is 11.4 Å². The Morgan fingerprint density at radius 1 is 0.900 bits per heavy atom. The molecule has 0 radical (unpaired) electrons. The topological polar surface area (TPSA) is 96.2 Å². The summed E-state index contributed by atoms with van der Waals surface area (Å²) in [6.07, 6.45) is -2.41. The maximum atomic E-state index is 12.8. The van der Waals surface area contributed by atoms with Crippen molar-refractivity contribution in [2.24, 2.45) is 10.8 Å². The van der Waals surface area contributed by atoms with E-state index < -0.39 is 29.1 Å². The summed E-state index contributed by atoms with van der Waals surface area (Å²) in [6, 6.07) is 8.43. The van der Waals surface area contributed by atoms with Crippen LogP contribution >= 0.6 is 0 Å². The summed E-state index contributed by atoms with van der Waals surface area (Å²) in [6.45, 7) is 1.67. The highest BCUT2D eigenvalue weighted by Gasteiger charge is 2.81. The second-order valence-electron chi connectivity index (χ2n) is 8.43. The summed E-state index contributed by atoms with van der Waals surface area (Å²) in [5.74, 6) is -2.65. The first-order valence-corrected chi connectivity index (χ1v) is 9.53. The smallest absolute Gasteiger partial charge is 0.348 e. The third-order valence-corrected chi connectivity index (χ3v) is 6.49. The largest absolute Gasteiger partial charge is 0.416 e. The van der Waals surface area contributed by atoms with Crippen LogP contribution in [0.4, 0.5) is 24.5 Å². The summed E-state index contributed by atoms with van der Waals surface area (Å²) >= 11 is 0. The molecule has 5 N–H and O–H groups in total. The second kappa shape index (κ2) is 6.34. The fraction of sp³-hybridized carbons (Fsp3) is 0.429. The van der Waals surface area contributed by atoms with Crippen molar-refractivity contribution in [3.8, 4) is 0 Å². The van der Waals surface area contributed by atoms with Gasteiger partial charge in [0.1, 0.15) is 0 Å². The molecule has 0 saturated heterocycles. The fourth-order valence-electron chi connectivity index (χ4n) is 4.38. The Hall–Kier alpha value is -2.33. The zero-order valence-corrected chi connectivity index (χ0v) is 16.2. The Balaban J connectivity index is 1.68. The van der Waals surface area contributed by atoms with Crippen LogP contribution in [0.3, 0.4) is 0 Å². The zero-order chi connectivity index (χ0) is 22.0. The standard InChI is InChI=1S/C21H23F3N2O4/c1-17(13-18(17)11-12-18)20(27,28)26(16-5-3-2-4-6-16)21(29,30)25-15-9-7-14(8-10-15)19(22,23)24/h2-10,25,27-30H,11-13H2,1H3. The number of halogens is 3. The van der Waals surface area contributed by atoms with E-state index in [-0.39, 0.29) is 16.8 Å². The van der Waals surface area contributed by atoms with Crippen molar-refractivity contribution in [2.75, 3.05) is 10.2 Å². The molecule has 0 aliphatic heterocycles. The summed E-state index contributed by atoms with van der Waals surface area (Å²) in [7, 11) is 0. The van der Waals surface area contributed by atoms with E-state index in [9.17, 15) is 33.6 Å². The van der Waals surface area contributed by atoms with Crippen LogP contribution < -0.4 is 10.2 Å². The van der Waals surface area contributed by atoms with Crippen molar-refractivity contribution in [2.45, 2.75) is 44.3 Å². The van der Waals surface area contributed by atoms with E-state index in [1.165, 1.54) is 12.1 Å². The van der Waals surface area contributed by atoms with Gasteiger partial charge in [0.2, 0.25) is 0 Å². The quantitative estimate of drug-likeness (QED) is 0.458. The van der Waals surface area contributed by atoms with Gasteiger partial charge >= 0.3 is 12.2 Å². The van der Waals surface area contributed by atoms with Crippen molar-refractivity contribution in [1.82, 2.24) is 0 Å². The number of hydrogen-bond acceptors (Lipinski definition) is 6. The Bertz CT molecular complexity index is 928. The molecule has 0 heterocycles. The minimum atomic E-state index is -4.53. The number of para-hydroxylation sites is 1. The molecule has 2 aliphatic carbocycles. The molecule has 2 aromatic rings. The summed E-state index contributed by atoms with van der Waals surface area (Å²) < 4.78 is 38.4. The Morgan fingerprint density at radius 2 is 1.47 bits per heavy atom. The molecule has 2 aromatic carbocycles. The molecule has 1 atom stereocenters. The molecule has 0 amide bonds. The molecular formula is C21H23F3N2O4. The van der Waals surface area contributed by atoms with Crippen LogP contribution in [-0.2, 0) is 6.18 Å². The molecule has 0 bridgehead atoms. The first-order chi connectivity index (χ1) is 13.8. The molecule has 0 aromatic heterocycles. The Kier molecular flexibility index (Phi) is 4.42. The molecule has 30 heavy (non-hydrogen) atoms. The van der Waals surface area contributed by atoms with E-state index in [4.69, 9.17) is 0 Å². The average Bonchev–Trinajstić information content (AvgIpc) is 3.53. The number of nitrogens with zero attached hydrogens (tertiary/aromatic N) is 1. The molecule has 1 spiro atoms. The normalized spacial score (nSPS) is 22.7. The van der Waals surface area contributed by atoms with Crippen molar-refractivity contribution in [3.63, 3.8) is 0 Å². The summed E-state index contributed by atoms with van der Waals surface area (Å²) in [5, 5.41) is 46.3. The van der Waals surface area contributed by atoms with Gasteiger partial charge in [-0.3, -0.25) is 0 Å². The van der Waals surface area contributed by atoms with Crippen LogP contribution in [-0.4, -0.2) is 32.4 Å². The third kappa shape index (κ3) is 3.22. The minimum Gasteiger partial charge on any atom is -0.348 e. The van der Waals surface area contributed by atoms with Gasteiger partial charge in [-0.25, -0.2) is 4.90 Å². The van der Waals surface area contributed by atoms with E-state index in [0.29, 0.717) is 11.3 Å². The van der Waals surface area contributed by atoms with Crippen molar-refractivity contribution < 1.29 is 33.6 Å². The van der Waals surface area contributed by atoms with Gasteiger partial charge in [0.25, 0.3) is 5.91 Å². The number of hydrogen-bond donors (Lipinski definition) is 5. The van der Waals surface area contributed by atoms with Gasteiger partial charge in [-0.05, 0) is 61.1 Å². The number of aliphatic hydroxyl groups is 4. The SMILES string of the molecule is CC1(C(O)(O)N(c2ccccc2)C(O)(O)Nc2ccc(C(F)(F)F)cc2)CC12CC2. The predicted octanol–water partition coefficient (Wildman–Crippen LogP) is 3.05. The lowest BCUT2D eigenvalue weighted by Crippen LogP contribution is -2.68. The number of benzene rings is 2. The lowest BCUT2D eigenvalue weighted by molar-refractivity contribution is -0.269. The van der Waals surface area contributed by atoms with Crippen LogP contribution in [0, 0.1) is 10.8 Å². The van der Waals surface area contributed by atoms with Crippen LogP contribution in [0.2, 0.25) is 0 Å². The van der Waals surface area contributed by atoms with Gasteiger partial charge < -0.3 is 25.7 Å². The van der Waals surface area contributed by atoms with Crippen LogP contribution in [0.5, 0.6) is 0 Å². The van der Waals surface area contributed by atoms with Crippen LogP contribution in [0.15, 0.2) is 54.6 Å². The Morgan fingerprint density at radius 3 is 1.93 bits per heavy atom. The molecule has 162 valence electrons. The van der Waals surface area contributed by atoms with E-state index in [1.807, 2.05) is 0 Å². The summed E-state index contributed by atoms with van der Waals surface area (Å²) in [4.78, 5) is 0.644. The first-order valence-electron chi connectivity index (χ1n) is 9.53. The third-order valence-electron chi connectivity index (χ3n) is 6.49. The Labute approximate surface area is 171 Å². The zero-order valence-electron chi connectivity index (χ0n) is 16.2. The van der Waals surface area contributed by atoms with Crippen LogP contribution in [0.1, 0.15) is 31.7 Å². The summed E-state index contributed by atoms with van der Waals surface area (Å²) in [5.41, 5.74) is -2.10. The number of nitrogens with one attached hydrogen (secondary N) is 1. The van der Waals surface area contributed by atoms with Gasteiger partial charge in [0, 0.05) is 16.8 Å². The predicted molar refractivity (Wildman–Crippen MR) is 103 cm³/mol. The highest BCUT2D eigenvalue weighted by atomic mass is 19.4.